The van der Waals surface area contributed by atoms with Gasteiger partial charge < -0.3 is 0 Å². The van der Waals surface area contributed by atoms with Crippen LogP contribution < -0.4 is 0 Å². The van der Waals surface area contributed by atoms with Gasteiger partial charge >= 0.3 is 0 Å². The Labute approximate surface area is 98.4 Å². The summed E-state index contributed by atoms with van der Waals surface area (Å²) in [5.41, 5.74) is 0. The zero-order chi connectivity index (χ0) is 10.8. The van der Waals surface area contributed by atoms with E-state index >= 15 is 0 Å². The van der Waals surface area contributed by atoms with Gasteiger partial charge in [-0.05, 0) is 18.6 Å². The molecule has 0 unspecified atom stereocenters. The lowest BCUT2D eigenvalue weighted by molar-refractivity contribution is -0.116. The van der Waals surface area contributed by atoms with Gasteiger partial charge in [-0.15, -0.1) is 0 Å². The summed E-state index contributed by atoms with van der Waals surface area (Å²) in [6.45, 7) is 0. The van der Waals surface area contributed by atoms with E-state index in [0.717, 1.165) is 18.6 Å². The van der Waals surface area contributed by atoms with Gasteiger partial charge in [0.05, 0.1) is 5.75 Å². The Hall–Kier alpha value is 0.0200. The molecule has 0 aromatic carbocycles. The van der Waals surface area contributed by atoms with Gasteiger partial charge in [0.1, 0.15) is 5.78 Å². The van der Waals surface area contributed by atoms with Crippen molar-refractivity contribution >= 4 is 17.5 Å². The number of rotatable bonds is 0. The van der Waals surface area contributed by atoms with Gasteiger partial charge in [-0.2, -0.15) is 11.8 Å². The quantitative estimate of drug-likeness (QED) is 0.618. The first-order chi connectivity index (χ1) is 7.39. The molecular weight excluding hydrogens is 204 g/mol. The molecule has 0 radical (unpaired) electrons. The van der Waals surface area contributed by atoms with Crippen LogP contribution in [0.4, 0.5) is 0 Å². The zero-order valence-corrected chi connectivity index (χ0v) is 10.6. The molecule has 15 heavy (non-hydrogen) atoms. The normalized spacial score (nSPS) is 23.3. The predicted molar refractivity (Wildman–Crippen MR) is 68.5 cm³/mol. The monoisotopic (exact) mass is 228 g/mol. The summed E-state index contributed by atoms with van der Waals surface area (Å²) in [6, 6.07) is 0. The van der Waals surface area contributed by atoms with Crippen molar-refractivity contribution in [2.75, 3.05) is 11.5 Å². The number of ketones is 1. The van der Waals surface area contributed by atoms with E-state index in [1.165, 1.54) is 57.1 Å². The van der Waals surface area contributed by atoms with Gasteiger partial charge in [0, 0.05) is 6.42 Å². The predicted octanol–water partition coefficient (Wildman–Crippen LogP) is 4.20. The highest BCUT2D eigenvalue weighted by atomic mass is 32.2. The van der Waals surface area contributed by atoms with Crippen molar-refractivity contribution in [1.82, 2.24) is 0 Å². The largest absolute Gasteiger partial charge is 0.299 e. The van der Waals surface area contributed by atoms with E-state index in [1.54, 1.807) is 0 Å². The second kappa shape index (κ2) is 9.26. The Morgan fingerprint density at radius 3 is 1.93 bits per heavy atom. The molecule has 88 valence electrons. The van der Waals surface area contributed by atoms with Gasteiger partial charge in [0.2, 0.25) is 0 Å². The fraction of sp³-hybridized carbons (Fsp3) is 0.923. The first-order valence-electron chi connectivity index (χ1n) is 6.49. The van der Waals surface area contributed by atoms with Gasteiger partial charge in [-0.25, -0.2) is 0 Å². The molecule has 0 atom stereocenters. The van der Waals surface area contributed by atoms with Crippen LogP contribution in [0.3, 0.4) is 0 Å². The Morgan fingerprint density at radius 1 is 0.733 bits per heavy atom. The van der Waals surface area contributed by atoms with Gasteiger partial charge in [-0.1, -0.05) is 44.9 Å². The molecule has 0 aromatic rings. The second-order valence-corrected chi connectivity index (χ2v) is 5.63. The summed E-state index contributed by atoms with van der Waals surface area (Å²) in [6.07, 6.45) is 12.8. The third-order valence-corrected chi connectivity index (χ3v) is 4.11. The molecule has 1 saturated heterocycles. The van der Waals surface area contributed by atoms with Crippen molar-refractivity contribution in [3.63, 3.8) is 0 Å². The molecule has 1 aliphatic heterocycles. The highest BCUT2D eigenvalue weighted by Gasteiger charge is 2.02. The minimum atomic E-state index is 0.469. The Morgan fingerprint density at radius 2 is 1.27 bits per heavy atom. The molecule has 1 fully saturated rings. The zero-order valence-electron chi connectivity index (χ0n) is 9.80. The van der Waals surface area contributed by atoms with E-state index in [1.807, 2.05) is 11.8 Å². The van der Waals surface area contributed by atoms with E-state index in [4.69, 9.17) is 0 Å². The third-order valence-electron chi connectivity index (χ3n) is 3.01. The molecule has 0 saturated carbocycles. The Balaban J connectivity index is 2.13. The molecule has 1 aliphatic rings. The topological polar surface area (TPSA) is 17.1 Å². The standard InChI is InChI=1S/C13H24OS/c14-13-10-8-6-4-2-1-3-5-7-9-11-15-12-13/h1-12H2. The molecule has 1 nitrogen and oxygen atoms in total. The summed E-state index contributed by atoms with van der Waals surface area (Å²) < 4.78 is 0. The minimum absolute atomic E-state index is 0.469. The molecule has 1 heterocycles. The SMILES string of the molecule is O=C1CCCCCCCCCCCSC1. The fourth-order valence-electron chi connectivity index (χ4n) is 2.02. The minimum Gasteiger partial charge on any atom is -0.299 e. The average Bonchev–Trinajstić information content (AvgIpc) is 2.24. The number of hydrogen-bond acceptors (Lipinski definition) is 2. The highest BCUT2D eigenvalue weighted by Crippen LogP contribution is 2.14. The number of thioether (sulfide) groups is 1. The Kier molecular flexibility index (Phi) is 8.08. The van der Waals surface area contributed by atoms with E-state index < -0.39 is 0 Å². The van der Waals surface area contributed by atoms with E-state index in [9.17, 15) is 4.79 Å². The van der Waals surface area contributed by atoms with E-state index in [0.29, 0.717) is 5.78 Å². The third kappa shape index (κ3) is 7.89. The van der Waals surface area contributed by atoms with Crippen LogP contribution in [0.2, 0.25) is 0 Å². The van der Waals surface area contributed by atoms with Crippen molar-refractivity contribution in [1.29, 1.82) is 0 Å². The van der Waals surface area contributed by atoms with Gasteiger partial charge in [0.25, 0.3) is 0 Å². The van der Waals surface area contributed by atoms with E-state index in [2.05, 4.69) is 0 Å². The number of Topliss-reactive ketones (excluding diaryl/α,β-unsaturated/α-hetero) is 1. The van der Waals surface area contributed by atoms with Crippen LogP contribution >= 0.6 is 11.8 Å². The molecule has 0 N–H and O–H groups in total. The average molecular weight is 228 g/mol. The van der Waals surface area contributed by atoms with Crippen LogP contribution in [-0.4, -0.2) is 17.3 Å². The number of carbonyl (C=O) groups excluding carboxylic acids is 1. The molecule has 0 aliphatic carbocycles. The van der Waals surface area contributed by atoms with Crippen LogP contribution in [0.5, 0.6) is 0 Å². The van der Waals surface area contributed by atoms with Crippen molar-refractivity contribution < 1.29 is 4.79 Å². The van der Waals surface area contributed by atoms with Crippen LogP contribution in [0.1, 0.15) is 64.2 Å². The summed E-state index contributed by atoms with van der Waals surface area (Å²) >= 11 is 1.84. The molecule has 0 aromatic heterocycles. The van der Waals surface area contributed by atoms with Crippen molar-refractivity contribution in [3.8, 4) is 0 Å². The van der Waals surface area contributed by atoms with Crippen LogP contribution in [0.15, 0.2) is 0 Å². The smallest absolute Gasteiger partial charge is 0.142 e. The van der Waals surface area contributed by atoms with Crippen LogP contribution in [0.25, 0.3) is 0 Å². The maximum atomic E-state index is 11.4. The fourth-order valence-corrected chi connectivity index (χ4v) is 2.95. The molecular formula is C13H24OS. The lowest BCUT2D eigenvalue weighted by Gasteiger charge is -2.05. The summed E-state index contributed by atoms with van der Waals surface area (Å²) in [4.78, 5) is 11.4. The van der Waals surface area contributed by atoms with E-state index in [-0.39, 0.29) is 0 Å². The molecule has 0 bridgehead atoms. The lowest BCUT2D eigenvalue weighted by Crippen LogP contribution is -2.02. The van der Waals surface area contributed by atoms with Gasteiger partial charge in [-0.3, -0.25) is 4.79 Å². The van der Waals surface area contributed by atoms with Gasteiger partial charge in [0.15, 0.2) is 0 Å². The van der Waals surface area contributed by atoms with Crippen LogP contribution in [0, 0.1) is 0 Å². The summed E-state index contributed by atoms with van der Waals surface area (Å²) in [5.74, 6) is 2.42. The summed E-state index contributed by atoms with van der Waals surface area (Å²) in [5, 5.41) is 0. The molecule has 0 spiro atoms. The first-order valence-corrected chi connectivity index (χ1v) is 7.64. The number of carbonyl (C=O) groups is 1. The van der Waals surface area contributed by atoms with Crippen molar-refractivity contribution in [3.05, 3.63) is 0 Å². The maximum absolute atomic E-state index is 11.4. The first kappa shape index (κ1) is 13.1. The second-order valence-electron chi connectivity index (χ2n) is 4.52. The highest BCUT2D eigenvalue weighted by molar-refractivity contribution is 7.99. The van der Waals surface area contributed by atoms with Crippen molar-refractivity contribution in [2.45, 2.75) is 64.2 Å². The Bertz CT molecular complexity index is 152. The number of hydrogen-bond donors (Lipinski definition) is 0. The van der Waals surface area contributed by atoms with Crippen molar-refractivity contribution in [2.24, 2.45) is 0 Å². The lowest BCUT2D eigenvalue weighted by atomic mass is 10.1. The summed E-state index contributed by atoms with van der Waals surface area (Å²) in [7, 11) is 0. The molecule has 0 amide bonds. The molecule has 2 heteroatoms. The van der Waals surface area contributed by atoms with Crippen LogP contribution in [-0.2, 0) is 4.79 Å². The molecule has 1 rings (SSSR count). The maximum Gasteiger partial charge on any atom is 0.142 e.